The van der Waals surface area contributed by atoms with Gasteiger partial charge in [-0.3, -0.25) is 4.79 Å². The highest BCUT2D eigenvalue weighted by Crippen LogP contribution is 2.16. The number of carbonyl (C=O) groups excluding carboxylic acids is 4. The zero-order chi connectivity index (χ0) is 23.9. The maximum absolute atomic E-state index is 12.6. The number of carbonyl (C=O) groups is 4. The molecular formula is C20H37N3O7. The second kappa shape index (κ2) is 10.5. The van der Waals surface area contributed by atoms with Crippen LogP contribution in [0.4, 0.5) is 14.4 Å². The number of ether oxygens (including phenoxy) is 3. The van der Waals surface area contributed by atoms with Gasteiger partial charge in [0.2, 0.25) is 5.91 Å². The molecule has 4 amide bonds. The van der Waals surface area contributed by atoms with Gasteiger partial charge in [-0.15, -0.1) is 0 Å². The Hall–Kier alpha value is -2.52. The van der Waals surface area contributed by atoms with Crippen LogP contribution in [0.1, 0.15) is 75.2 Å². The van der Waals surface area contributed by atoms with E-state index in [1.807, 2.05) is 0 Å². The van der Waals surface area contributed by atoms with Crippen molar-refractivity contribution in [1.29, 1.82) is 0 Å². The van der Waals surface area contributed by atoms with Gasteiger partial charge in [-0.25, -0.2) is 19.3 Å². The fourth-order valence-electron chi connectivity index (χ4n) is 2.08. The molecule has 0 spiro atoms. The van der Waals surface area contributed by atoms with Crippen molar-refractivity contribution in [1.82, 2.24) is 10.2 Å². The van der Waals surface area contributed by atoms with Crippen molar-refractivity contribution in [3.63, 3.8) is 0 Å². The van der Waals surface area contributed by atoms with E-state index in [0.717, 1.165) is 4.90 Å². The summed E-state index contributed by atoms with van der Waals surface area (Å²) in [6.45, 7) is 14.7. The molecule has 0 aromatic rings. The molecule has 0 fully saturated rings. The Kier molecular flexibility index (Phi) is 9.61. The van der Waals surface area contributed by atoms with Gasteiger partial charge in [0.25, 0.3) is 0 Å². The van der Waals surface area contributed by atoms with Crippen LogP contribution in [0.25, 0.3) is 0 Å². The fourth-order valence-corrected chi connectivity index (χ4v) is 2.08. The lowest BCUT2D eigenvalue weighted by Gasteiger charge is -2.31. The third kappa shape index (κ3) is 13.6. The summed E-state index contributed by atoms with van der Waals surface area (Å²) in [7, 11) is 0. The quantitative estimate of drug-likeness (QED) is 0.615. The Bertz CT molecular complexity index is 600. The van der Waals surface area contributed by atoms with Crippen LogP contribution < -0.4 is 11.1 Å². The molecule has 1 atom stereocenters. The van der Waals surface area contributed by atoms with Crippen LogP contribution in [-0.4, -0.2) is 58.5 Å². The third-order valence-corrected chi connectivity index (χ3v) is 3.09. The highest BCUT2D eigenvalue weighted by molar-refractivity contribution is 5.88. The molecule has 0 aliphatic rings. The summed E-state index contributed by atoms with van der Waals surface area (Å²) in [6, 6.07) is -0.813. The number of nitrogens with two attached hydrogens (primary N) is 1. The average Bonchev–Trinajstić information content (AvgIpc) is 2.43. The molecule has 1 unspecified atom stereocenters. The molecule has 0 saturated carbocycles. The molecule has 0 aromatic carbocycles. The normalized spacial score (nSPS) is 13.1. The molecule has 0 saturated heterocycles. The van der Waals surface area contributed by atoms with E-state index in [-0.39, 0.29) is 19.4 Å². The van der Waals surface area contributed by atoms with Gasteiger partial charge in [0.1, 0.15) is 16.8 Å². The van der Waals surface area contributed by atoms with Gasteiger partial charge in [-0.1, -0.05) is 0 Å². The predicted octanol–water partition coefficient (Wildman–Crippen LogP) is 3.32. The van der Waals surface area contributed by atoms with Crippen molar-refractivity contribution >= 4 is 24.2 Å². The van der Waals surface area contributed by atoms with Gasteiger partial charge < -0.3 is 25.3 Å². The SMILES string of the molecule is CC(C)(C)OC(=O)NC(CCC(N)=O)CN(C(=O)OC(C)(C)C)C(=O)OC(C)(C)C. The Morgan fingerprint density at radius 3 is 1.53 bits per heavy atom. The minimum Gasteiger partial charge on any atom is -0.444 e. The van der Waals surface area contributed by atoms with Crippen molar-refractivity contribution in [2.24, 2.45) is 5.73 Å². The number of amides is 4. The van der Waals surface area contributed by atoms with Gasteiger partial charge in [0, 0.05) is 6.42 Å². The Balaban J connectivity index is 5.63. The van der Waals surface area contributed by atoms with Gasteiger partial charge in [0.05, 0.1) is 12.6 Å². The van der Waals surface area contributed by atoms with Crippen LogP contribution >= 0.6 is 0 Å². The Morgan fingerprint density at radius 1 is 0.800 bits per heavy atom. The topological polar surface area (TPSA) is 137 Å². The van der Waals surface area contributed by atoms with E-state index in [0.29, 0.717) is 0 Å². The number of nitrogens with one attached hydrogen (secondary N) is 1. The maximum atomic E-state index is 12.6. The van der Waals surface area contributed by atoms with Crippen molar-refractivity contribution in [2.45, 2.75) is 98.0 Å². The predicted molar refractivity (Wildman–Crippen MR) is 111 cm³/mol. The Labute approximate surface area is 178 Å². The number of primary amides is 1. The van der Waals surface area contributed by atoms with E-state index in [9.17, 15) is 19.2 Å². The molecule has 0 aromatic heterocycles. The summed E-state index contributed by atoms with van der Waals surface area (Å²) in [4.78, 5) is 49.5. The maximum Gasteiger partial charge on any atom is 0.419 e. The lowest BCUT2D eigenvalue weighted by atomic mass is 10.1. The van der Waals surface area contributed by atoms with Gasteiger partial charge >= 0.3 is 18.3 Å². The summed E-state index contributed by atoms with van der Waals surface area (Å²) >= 11 is 0. The minimum atomic E-state index is -0.938. The number of alkyl carbamates (subject to hydrolysis) is 1. The summed E-state index contributed by atoms with van der Waals surface area (Å²) in [5, 5.41) is 2.57. The Morgan fingerprint density at radius 2 is 1.20 bits per heavy atom. The molecule has 30 heavy (non-hydrogen) atoms. The monoisotopic (exact) mass is 431 g/mol. The van der Waals surface area contributed by atoms with Crippen molar-refractivity contribution in [3.8, 4) is 0 Å². The second-order valence-electron chi connectivity index (χ2n) is 9.92. The molecular weight excluding hydrogens is 394 g/mol. The van der Waals surface area contributed by atoms with Crippen LogP contribution in [0.3, 0.4) is 0 Å². The minimum absolute atomic E-state index is 0.0725. The lowest BCUT2D eigenvalue weighted by Crippen LogP contribution is -2.51. The van der Waals surface area contributed by atoms with Crippen molar-refractivity contribution < 1.29 is 33.4 Å². The first kappa shape index (κ1) is 27.5. The highest BCUT2D eigenvalue weighted by atomic mass is 16.6. The largest absolute Gasteiger partial charge is 0.444 e. The summed E-state index contributed by atoms with van der Waals surface area (Å²) in [6.07, 6.45) is -2.63. The fraction of sp³-hybridized carbons (Fsp3) is 0.800. The zero-order valence-electron chi connectivity index (χ0n) is 19.6. The van der Waals surface area contributed by atoms with E-state index in [1.165, 1.54) is 0 Å². The van der Waals surface area contributed by atoms with Gasteiger partial charge in [0.15, 0.2) is 0 Å². The first-order chi connectivity index (χ1) is 13.3. The van der Waals surface area contributed by atoms with Crippen molar-refractivity contribution in [3.05, 3.63) is 0 Å². The molecule has 10 heteroatoms. The molecule has 0 heterocycles. The summed E-state index contributed by atoms with van der Waals surface area (Å²) in [5.41, 5.74) is 2.73. The summed E-state index contributed by atoms with van der Waals surface area (Å²) < 4.78 is 15.8. The van der Waals surface area contributed by atoms with Crippen molar-refractivity contribution in [2.75, 3.05) is 6.54 Å². The number of nitrogens with zero attached hydrogens (tertiary/aromatic N) is 1. The van der Waals surface area contributed by atoms with E-state index >= 15 is 0 Å². The zero-order valence-corrected chi connectivity index (χ0v) is 19.6. The summed E-state index contributed by atoms with van der Waals surface area (Å²) in [5.74, 6) is -0.591. The molecule has 0 aliphatic carbocycles. The van der Waals surface area contributed by atoms with Crippen LogP contribution in [0, 0.1) is 0 Å². The first-order valence-electron chi connectivity index (χ1n) is 9.80. The number of hydrogen-bond donors (Lipinski definition) is 2. The molecule has 0 radical (unpaired) electrons. The van der Waals surface area contributed by atoms with E-state index < -0.39 is 47.0 Å². The van der Waals surface area contributed by atoms with Crippen LogP contribution in [0.15, 0.2) is 0 Å². The molecule has 3 N–H and O–H groups in total. The first-order valence-corrected chi connectivity index (χ1v) is 9.80. The third-order valence-electron chi connectivity index (χ3n) is 3.09. The number of rotatable bonds is 6. The molecule has 0 rings (SSSR count). The van der Waals surface area contributed by atoms with E-state index in [1.54, 1.807) is 62.3 Å². The van der Waals surface area contributed by atoms with E-state index in [2.05, 4.69) is 5.32 Å². The number of hydrogen-bond acceptors (Lipinski definition) is 7. The van der Waals surface area contributed by atoms with Gasteiger partial charge in [-0.05, 0) is 68.7 Å². The molecule has 0 aliphatic heterocycles. The molecule has 10 nitrogen and oxygen atoms in total. The highest BCUT2D eigenvalue weighted by Gasteiger charge is 2.34. The molecule has 174 valence electrons. The smallest absolute Gasteiger partial charge is 0.419 e. The number of imide groups is 1. The lowest BCUT2D eigenvalue weighted by molar-refractivity contribution is -0.118. The molecule has 0 bridgehead atoms. The van der Waals surface area contributed by atoms with Crippen LogP contribution in [-0.2, 0) is 19.0 Å². The average molecular weight is 432 g/mol. The van der Waals surface area contributed by atoms with Crippen LogP contribution in [0.2, 0.25) is 0 Å². The standard InChI is InChI=1S/C20H37N3O7/c1-18(2,3)28-15(25)22-13(10-11-14(21)24)12-23(16(26)29-19(4,5)6)17(27)30-20(7,8)9/h13H,10-12H2,1-9H3,(H2,21,24)(H,22,25). The van der Waals surface area contributed by atoms with Crippen LogP contribution in [0.5, 0.6) is 0 Å². The van der Waals surface area contributed by atoms with E-state index in [4.69, 9.17) is 19.9 Å². The second-order valence-corrected chi connectivity index (χ2v) is 9.92. The van der Waals surface area contributed by atoms with Gasteiger partial charge in [-0.2, -0.15) is 0 Å².